The average molecular weight is 395 g/mol. The van der Waals surface area contributed by atoms with Crippen LogP contribution in [0.15, 0.2) is 47.8 Å². The highest BCUT2D eigenvalue weighted by Crippen LogP contribution is 2.27. The van der Waals surface area contributed by atoms with Gasteiger partial charge in [0.15, 0.2) is 5.69 Å². The third-order valence-electron chi connectivity index (χ3n) is 5.55. The van der Waals surface area contributed by atoms with Gasteiger partial charge in [0.1, 0.15) is 0 Å². The smallest absolute Gasteiger partial charge is 0.272 e. The molecule has 0 aliphatic heterocycles. The fourth-order valence-corrected chi connectivity index (χ4v) is 4.64. The maximum atomic E-state index is 12.8. The minimum absolute atomic E-state index is 0.0726. The highest BCUT2D eigenvalue weighted by Gasteiger charge is 2.30. The Morgan fingerprint density at radius 1 is 1.29 bits per heavy atom. The van der Waals surface area contributed by atoms with Crippen molar-refractivity contribution in [2.24, 2.45) is 7.05 Å². The van der Waals surface area contributed by atoms with Crippen LogP contribution in [-0.2, 0) is 33.0 Å². The van der Waals surface area contributed by atoms with Crippen molar-refractivity contribution in [3.63, 3.8) is 0 Å². The zero-order valence-electron chi connectivity index (χ0n) is 16.4. The van der Waals surface area contributed by atoms with E-state index in [0.717, 1.165) is 36.2 Å². The molecule has 0 fully saturated rings. The van der Waals surface area contributed by atoms with E-state index in [9.17, 15) is 4.79 Å². The second-order valence-corrected chi connectivity index (χ2v) is 8.49. The molecule has 2 aromatic heterocycles. The second kappa shape index (κ2) is 8.29. The molecule has 0 radical (unpaired) electrons. The minimum Gasteiger partial charge on any atom is -0.346 e. The molecule has 1 amide bonds. The average Bonchev–Trinajstić information content (AvgIpc) is 3.35. The molecule has 146 valence electrons. The topological polar surface area (TPSA) is 50.2 Å². The number of aromatic nitrogens is 2. The normalized spacial score (nSPS) is 16.2. The van der Waals surface area contributed by atoms with Crippen molar-refractivity contribution >= 4 is 17.2 Å². The van der Waals surface area contributed by atoms with Gasteiger partial charge in [0.2, 0.25) is 0 Å². The van der Waals surface area contributed by atoms with Crippen molar-refractivity contribution in [2.45, 2.75) is 38.4 Å². The molecular formula is C22H26N4OS. The molecule has 1 aliphatic rings. The number of hydrogen-bond donors (Lipinski definition) is 1. The fourth-order valence-electron chi connectivity index (χ4n) is 3.99. The number of benzene rings is 1. The molecular weight excluding hydrogens is 368 g/mol. The predicted octanol–water partition coefficient (Wildman–Crippen LogP) is 3.40. The Bertz CT molecular complexity index is 933. The van der Waals surface area contributed by atoms with Crippen molar-refractivity contribution in [1.82, 2.24) is 20.0 Å². The van der Waals surface area contributed by atoms with E-state index in [2.05, 4.69) is 46.6 Å². The van der Waals surface area contributed by atoms with Crippen LogP contribution in [0.3, 0.4) is 0 Å². The van der Waals surface area contributed by atoms with Crippen LogP contribution in [0.4, 0.5) is 0 Å². The number of fused-ring (bicyclic) bond motifs is 1. The fraction of sp³-hybridized carbons (Fsp3) is 0.364. The van der Waals surface area contributed by atoms with Gasteiger partial charge < -0.3 is 5.32 Å². The predicted molar refractivity (Wildman–Crippen MR) is 112 cm³/mol. The molecule has 4 rings (SSSR count). The third kappa shape index (κ3) is 4.03. The molecule has 0 saturated heterocycles. The van der Waals surface area contributed by atoms with Crippen LogP contribution in [0.5, 0.6) is 0 Å². The molecule has 1 unspecified atom stereocenters. The van der Waals surface area contributed by atoms with Crippen molar-refractivity contribution in [2.75, 3.05) is 7.05 Å². The summed E-state index contributed by atoms with van der Waals surface area (Å²) >= 11 is 1.65. The summed E-state index contributed by atoms with van der Waals surface area (Å²) in [5.41, 5.74) is 4.22. The molecule has 5 nitrogen and oxygen atoms in total. The molecule has 28 heavy (non-hydrogen) atoms. The van der Waals surface area contributed by atoms with Crippen LogP contribution in [0.2, 0.25) is 0 Å². The monoisotopic (exact) mass is 394 g/mol. The molecule has 2 heterocycles. The SMILES string of the molecule is CN(Cc1ccccc1)C1CCc2c(c(C(=O)NCc3cccs3)nn2C)C1. The third-order valence-corrected chi connectivity index (χ3v) is 6.42. The van der Waals surface area contributed by atoms with Crippen molar-refractivity contribution in [3.8, 4) is 0 Å². The number of carbonyl (C=O) groups excluding carboxylic acids is 1. The first-order chi connectivity index (χ1) is 13.6. The first-order valence-corrected chi connectivity index (χ1v) is 10.6. The number of aryl methyl sites for hydroxylation is 1. The summed E-state index contributed by atoms with van der Waals surface area (Å²) in [4.78, 5) is 16.3. The summed E-state index contributed by atoms with van der Waals surface area (Å²) in [5.74, 6) is -0.0726. The van der Waals surface area contributed by atoms with Crippen molar-refractivity contribution in [3.05, 3.63) is 75.2 Å². The largest absolute Gasteiger partial charge is 0.346 e. The lowest BCUT2D eigenvalue weighted by Gasteiger charge is -2.31. The number of rotatable bonds is 6. The van der Waals surface area contributed by atoms with Crippen LogP contribution in [0, 0.1) is 0 Å². The van der Waals surface area contributed by atoms with Crippen molar-refractivity contribution in [1.29, 1.82) is 0 Å². The summed E-state index contributed by atoms with van der Waals surface area (Å²) < 4.78 is 1.89. The Morgan fingerprint density at radius 3 is 2.86 bits per heavy atom. The first kappa shape index (κ1) is 18.9. The van der Waals surface area contributed by atoms with Gasteiger partial charge in [-0.05, 0) is 43.3 Å². The Labute approximate surface area is 170 Å². The molecule has 1 aromatic carbocycles. The molecule has 6 heteroatoms. The molecule has 0 bridgehead atoms. The van der Waals surface area contributed by atoms with E-state index in [0.29, 0.717) is 18.3 Å². The quantitative estimate of drug-likeness (QED) is 0.697. The second-order valence-electron chi connectivity index (χ2n) is 7.46. The summed E-state index contributed by atoms with van der Waals surface area (Å²) in [6.07, 6.45) is 2.92. The molecule has 3 aromatic rings. The van der Waals surface area contributed by atoms with Crippen LogP contribution < -0.4 is 5.32 Å². The Morgan fingerprint density at radius 2 is 2.11 bits per heavy atom. The maximum Gasteiger partial charge on any atom is 0.272 e. The van der Waals surface area contributed by atoms with Gasteiger partial charge in [-0.3, -0.25) is 14.4 Å². The number of amides is 1. The number of hydrogen-bond acceptors (Lipinski definition) is 4. The summed E-state index contributed by atoms with van der Waals surface area (Å²) in [5, 5.41) is 9.62. The highest BCUT2D eigenvalue weighted by molar-refractivity contribution is 7.09. The van der Waals surface area contributed by atoms with Crippen LogP contribution >= 0.6 is 11.3 Å². The first-order valence-electron chi connectivity index (χ1n) is 9.71. The van der Waals surface area contributed by atoms with E-state index < -0.39 is 0 Å². The van der Waals surface area contributed by atoms with Crippen LogP contribution in [-0.4, -0.2) is 33.7 Å². The molecule has 0 spiro atoms. The standard InChI is InChI=1S/C22H26N4OS/c1-25(15-16-7-4-3-5-8-16)17-10-11-20-19(13-17)21(24-26(20)2)22(27)23-14-18-9-6-12-28-18/h3-9,12,17H,10-11,13-15H2,1-2H3,(H,23,27). The number of nitrogens with one attached hydrogen (secondary N) is 1. The van der Waals surface area contributed by atoms with Gasteiger partial charge in [-0.15, -0.1) is 11.3 Å². The van der Waals surface area contributed by atoms with Crippen molar-refractivity contribution < 1.29 is 4.79 Å². The Balaban J connectivity index is 1.47. The summed E-state index contributed by atoms with van der Waals surface area (Å²) in [6, 6.07) is 15.0. The zero-order valence-corrected chi connectivity index (χ0v) is 17.2. The molecule has 1 aliphatic carbocycles. The van der Waals surface area contributed by atoms with E-state index in [1.165, 1.54) is 11.3 Å². The van der Waals surface area contributed by atoms with E-state index in [1.54, 1.807) is 11.3 Å². The van der Waals surface area contributed by atoms with Gasteiger partial charge in [0.05, 0.1) is 6.54 Å². The Hall–Kier alpha value is -2.44. The van der Waals surface area contributed by atoms with E-state index >= 15 is 0 Å². The van der Waals surface area contributed by atoms with Gasteiger partial charge in [0.25, 0.3) is 5.91 Å². The Kier molecular flexibility index (Phi) is 5.59. The highest BCUT2D eigenvalue weighted by atomic mass is 32.1. The lowest BCUT2D eigenvalue weighted by molar-refractivity contribution is 0.0944. The van der Waals surface area contributed by atoms with Crippen LogP contribution in [0.25, 0.3) is 0 Å². The summed E-state index contributed by atoms with van der Waals surface area (Å²) in [6.45, 7) is 1.47. The summed E-state index contributed by atoms with van der Waals surface area (Å²) in [7, 11) is 4.12. The van der Waals surface area contributed by atoms with Gasteiger partial charge in [-0.25, -0.2) is 0 Å². The number of thiophene rings is 1. The zero-order chi connectivity index (χ0) is 19.5. The molecule has 1 N–H and O–H groups in total. The van der Waals surface area contributed by atoms with E-state index in [-0.39, 0.29) is 5.91 Å². The van der Waals surface area contributed by atoms with Gasteiger partial charge in [-0.2, -0.15) is 5.10 Å². The van der Waals surface area contributed by atoms with Crippen LogP contribution in [0.1, 0.15) is 38.6 Å². The van der Waals surface area contributed by atoms with Gasteiger partial charge in [-0.1, -0.05) is 36.4 Å². The molecule has 1 atom stereocenters. The number of likely N-dealkylation sites (N-methyl/N-ethyl adjacent to an activating group) is 1. The lowest BCUT2D eigenvalue weighted by Crippen LogP contribution is -2.37. The number of carbonyl (C=O) groups is 1. The van der Waals surface area contributed by atoms with Gasteiger partial charge >= 0.3 is 0 Å². The van der Waals surface area contributed by atoms with E-state index in [1.807, 2.05) is 35.3 Å². The lowest BCUT2D eigenvalue weighted by atomic mass is 9.90. The minimum atomic E-state index is -0.0726. The maximum absolute atomic E-state index is 12.8. The van der Waals surface area contributed by atoms with E-state index in [4.69, 9.17) is 0 Å². The van der Waals surface area contributed by atoms with Gasteiger partial charge in [0, 0.05) is 35.8 Å². The number of nitrogens with zero attached hydrogens (tertiary/aromatic N) is 3. The molecule has 0 saturated carbocycles.